The number of rotatable bonds is 7. The average Bonchev–Trinajstić information content (AvgIpc) is 3.05. The number of furan rings is 1. The van der Waals surface area contributed by atoms with E-state index in [0.717, 1.165) is 11.1 Å². The van der Waals surface area contributed by atoms with Gasteiger partial charge >= 0.3 is 5.97 Å². The molecule has 0 atom stereocenters. The number of carboxylic acid groups (broad SMARTS) is 1. The van der Waals surface area contributed by atoms with Crippen molar-refractivity contribution in [1.29, 1.82) is 0 Å². The summed E-state index contributed by atoms with van der Waals surface area (Å²) in [6.45, 7) is 0.135. The summed E-state index contributed by atoms with van der Waals surface area (Å²) in [5.74, 6) is -1.40. The van der Waals surface area contributed by atoms with Crippen LogP contribution in [0.15, 0.2) is 47.3 Å². The first-order valence-electron chi connectivity index (χ1n) is 6.74. The number of methoxy groups -OCH3 is 1. The van der Waals surface area contributed by atoms with Crippen LogP contribution in [0.2, 0.25) is 0 Å². The smallest absolute Gasteiger partial charge is 0.323 e. The number of hydrogen-bond donors (Lipinski definition) is 1. The van der Waals surface area contributed by atoms with Gasteiger partial charge in [0, 0.05) is 24.8 Å². The Morgan fingerprint density at radius 1 is 1.27 bits per heavy atom. The number of carbonyl (C=O) groups excluding carboxylic acids is 1. The van der Waals surface area contributed by atoms with Gasteiger partial charge in [0.15, 0.2) is 0 Å². The van der Waals surface area contributed by atoms with Gasteiger partial charge in [-0.05, 0) is 23.8 Å². The summed E-state index contributed by atoms with van der Waals surface area (Å²) in [6.07, 6.45) is 3.14. The van der Waals surface area contributed by atoms with E-state index in [1.54, 1.807) is 36.8 Å². The molecule has 1 aromatic heterocycles. The highest BCUT2D eigenvalue weighted by Gasteiger charge is 2.18. The summed E-state index contributed by atoms with van der Waals surface area (Å²) >= 11 is 0. The van der Waals surface area contributed by atoms with Gasteiger partial charge in [0.1, 0.15) is 6.54 Å². The standard InChI is InChI=1S/C16H17NO5/c1-21-8-6-17(10-15(18)19)16(20)13-4-2-3-12(9-13)14-5-7-22-11-14/h2-5,7,9,11H,6,8,10H2,1H3,(H,18,19). The van der Waals surface area contributed by atoms with Gasteiger partial charge in [-0.1, -0.05) is 12.1 Å². The zero-order valence-corrected chi connectivity index (χ0v) is 12.2. The monoisotopic (exact) mass is 303 g/mol. The van der Waals surface area contributed by atoms with Crippen molar-refractivity contribution in [1.82, 2.24) is 4.90 Å². The minimum absolute atomic E-state index is 0.220. The van der Waals surface area contributed by atoms with Crippen molar-refractivity contribution in [3.05, 3.63) is 48.4 Å². The largest absolute Gasteiger partial charge is 0.480 e. The first-order chi connectivity index (χ1) is 10.6. The normalized spacial score (nSPS) is 10.4. The lowest BCUT2D eigenvalue weighted by Gasteiger charge is -2.20. The Morgan fingerprint density at radius 3 is 2.73 bits per heavy atom. The molecule has 0 radical (unpaired) electrons. The molecule has 0 bridgehead atoms. The molecule has 22 heavy (non-hydrogen) atoms. The van der Waals surface area contributed by atoms with Crippen LogP contribution in [0, 0.1) is 0 Å². The van der Waals surface area contributed by atoms with E-state index in [4.69, 9.17) is 14.3 Å². The molecular formula is C16H17NO5. The van der Waals surface area contributed by atoms with E-state index in [9.17, 15) is 9.59 Å². The van der Waals surface area contributed by atoms with Gasteiger partial charge in [-0.15, -0.1) is 0 Å². The van der Waals surface area contributed by atoms with E-state index in [0.29, 0.717) is 5.56 Å². The minimum Gasteiger partial charge on any atom is -0.480 e. The molecule has 6 heteroatoms. The van der Waals surface area contributed by atoms with E-state index in [1.807, 2.05) is 6.07 Å². The number of hydrogen-bond acceptors (Lipinski definition) is 4. The number of carboxylic acids is 1. The summed E-state index contributed by atoms with van der Waals surface area (Å²) in [5.41, 5.74) is 2.12. The SMILES string of the molecule is COCCN(CC(=O)O)C(=O)c1cccc(-c2ccoc2)c1. The predicted molar refractivity (Wildman–Crippen MR) is 79.6 cm³/mol. The molecule has 0 saturated carbocycles. The zero-order valence-electron chi connectivity index (χ0n) is 12.2. The fraction of sp³-hybridized carbons (Fsp3) is 0.250. The van der Waals surface area contributed by atoms with E-state index in [1.165, 1.54) is 12.0 Å². The molecule has 0 unspecified atom stereocenters. The average molecular weight is 303 g/mol. The highest BCUT2D eigenvalue weighted by atomic mass is 16.5. The first kappa shape index (κ1) is 15.8. The van der Waals surface area contributed by atoms with Gasteiger partial charge in [0.25, 0.3) is 5.91 Å². The van der Waals surface area contributed by atoms with E-state index in [2.05, 4.69) is 0 Å². The van der Waals surface area contributed by atoms with Crippen molar-refractivity contribution in [3.8, 4) is 11.1 Å². The molecule has 2 aromatic rings. The van der Waals surface area contributed by atoms with Crippen LogP contribution in [0.4, 0.5) is 0 Å². The van der Waals surface area contributed by atoms with Gasteiger partial charge < -0.3 is 19.2 Å². The Morgan fingerprint density at radius 2 is 2.09 bits per heavy atom. The topological polar surface area (TPSA) is 80.0 Å². The summed E-state index contributed by atoms with van der Waals surface area (Å²) in [7, 11) is 1.50. The fourth-order valence-electron chi connectivity index (χ4n) is 2.06. The third-order valence-electron chi connectivity index (χ3n) is 3.14. The minimum atomic E-state index is -1.06. The zero-order chi connectivity index (χ0) is 15.9. The Bertz CT molecular complexity index is 636. The molecule has 1 heterocycles. The number of amides is 1. The maximum Gasteiger partial charge on any atom is 0.323 e. The second-order valence-corrected chi connectivity index (χ2v) is 4.71. The van der Waals surface area contributed by atoms with Crippen molar-refractivity contribution in [2.24, 2.45) is 0 Å². The number of nitrogens with zero attached hydrogens (tertiary/aromatic N) is 1. The predicted octanol–water partition coefficient (Wildman–Crippen LogP) is 2.12. The molecule has 116 valence electrons. The quantitative estimate of drug-likeness (QED) is 0.847. The molecule has 1 aromatic carbocycles. The molecule has 0 aliphatic carbocycles. The Kier molecular flexibility index (Phi) is 5.32. The van der Waals surface area contributed by atoms with Crippen molar-refractivity contribution in [2.45, 2.75) is 0 Å². The van der Waals surface area contributed by atoms with Crippen LogP contribution < -0.4 is 0 Å². The van der Waals surface area contributed by atoms with E-state index < -0.39 is 5.97 Å². The van der Waals surface area contributed by atoms with Crippen molar-refractivity contribution in [3.63, 3.8) is 0 Å². The molecule has 2 rings (SSSR count). The summed E-state index contributed by atoms with van der Waals surface area (Å²) in [5, 5.41) is 8.94. The van der Waals surface area contributed by atoms with Crippen LogP contribution >= 0.6 is 0 Å². The summed E-state index contributed by atoms with van der Waals surface area (Å²) in [4.78, 5) is 24.7. The summed E-state index contributed by atoms with van der Waals surface area (Å²) in [6, 6.07) is 8.79. The molecule has 0 aliphatic rings. The van der Waals surface area contributed by atoms with Crippen LogP contribution in [0.1, 0.15) is 10.4 Å². The van der Waals surface area contributed by atoms with Gasteiger partial charge in [0.2, 0.25) is 0 Å². The number of ether oxygens (including phenoxy) is 1. The van der Waals surface area contributed by atoms with Crippen LogP contribution in [0.25, 0.3) is 11.1 Å². The lowest BCUT2D eigenvalue weighted by atomic mass is 10.1. The highest BCUT2D eigenvalue weighted by molar-refractivity contribution is 5.97. The van der Waals surface area contributed by atoms with Crippen molar-refractivity contribution in [2.75, 3.05) is 26.8 Å². The molecule has 0 saturated heterocycles. The number of benzene rings is 1. The van der Waals surface area contributed by atoms with Gasteiger partial charge in [0.05, 0.1) is 19.1 Å². The van der Waals surface area contributed by atoms with Crippen molar-refractivity contribution < 1.29 is 23.8 Å². The van der Waals surface area contributed by atoms with E-state index >= 15 is 0 Å². The van der Waals surface area contributed by atoms with Gasteiger partial charge in [-0.3, -0.25) is 9.59 Å². The second-order valence-electron chi connectivity index (χ2n) is 4.71. The van der Waals surface area contributed by atoms with Crippen LogP contribution in [0.5, 0.6) is 0 Å². The summed E-state index contributed by atoms with van der Waals surface area (Å²) < 4.78 is 9.96. The molecule has 6 nitrogen and oxygen atoms in total. The fourth-order valence-corrected chi connectivity index (χ4v) is 2.06. The highest BCUT2D eigenvalue weighted by Crippen LogP contribution is 2.21. The maximum atomic E-state index is 12.5. The maximum absolute atomic E-state index is 12.5. The molecular weight excluding hydrogens is 286 g/mol. The molecule has 0 aliphatic heterocycles. The third-order valence-corrected chi connectivity index (χ3v) is 3.14. The molecule has 1 N–H and O–H groups in total. The molecule has 0 spiro atoms. The third kappa shape index (κ3) is 3.95. The van der Waals surface area contributed by atoms with Crippen LogP contribution in [-0.4, -0.2) is 48.7 Å². The lowest BCUT2D eigenvalue weighted by Crippen LogP contribution is -2.38. The lowest BCUT2D eigenvalue weighted by molar-refractivity contribution is -0.137. The molecule has 1 amide bonds. The van der Waals surface area contributed by atoms with Gasteiger partial charge in [-0.25, -0.2) is 0 Å². The van der Waals surface area contributed by atoms with Crippen LogP contribution in [0.3, 0.4) is 0 Å². The Labute approximate surface area is 127 Å². The Hall–Kier alpha value is -2.60. The van der Waals surface area contributed by atoms with Crippen LogP contribution in [-0.2, 0) is 9.53 Å². The number of carbonyl (C=O) groups is 2. The van der Waals surface area contributed by atoms with E-state index in [-0.39, 0.29) is 25.6 Å². The second kappa shape index (κ2) is 7.42. The Balaban J connectivity index is 2.22. The first-order valence-corrected chi connectivity index (χ1v) is 6.74. The molecule has 0 fully saturated rings. The van der Waals surface area contributed by atoms with Crippen molar-refractivity contribution >= 4 is 11.9 Å². The number of aliphatic carboxylic acids is 1. The van der Waals surface area contributed by atoms with Gasteiger partial charge in [-0.2, -0.15) is 0 Å².